The van der Waals surface area contributed by atoms with Gasteiger partial charge < -0.3 is 23.1 Å². The smallest absolute Gasteiger partial charge is 0.276 e. The van der Waals surface area contributed by atoms with Crippen LogP contribution in [0.4, 0.5) is 0 Å². The van der Waals surface area contributed by atoms with Crippen molar-refractivity contribution in [2.24, 2.45) is 0 Å². The van der Waals surface area contributed by atoms with Crippen molar-refractivity contribution < 1.29 is 23.1 Å². The maximum Gasteiger partial charge on any atom is 0.276 e. The van der Waals surface area contributed by atoms with Crippen molar-refractivity contribution in [2.75, 3.05) is 28.4 Å². The van der Waals surface area contributed by atoms with Gasteiger partial charge in [0.05, 0.1) is 28.4 Å². The summed E-state index contributed by atoms with van der Waals surface area (Å²) in [7, 11) is 3.22. The van der Waals surface area contributed by atoms with Crippen LogP contribution >= 0.6 is 0 Å². The SMILES string of the molecule is COc1ccc([Si](O[Si](c2ccccc2)c2ccc(OC)cc2OC)c2ccccc2)c(OC)c1. The zero-order chi connectivity index (χ0) is 24.6. The molecule has 0 N–H and O–H groups in total. The van der Waals surface area contributed by atoms with Gasteiger partial charge in [-0.1, -0.05) is 72.8 Å². The summed E-state index contributed by atoms with van der Waals surface area (Å²) in [6.07, 6.45) is 0. The normalized spacial score (nSPS) is 10.9. The largest absolute Gasteiger partial charge is 0.497 e. The second-order valence-corrected chi connectivity index (χ2v) is 12.0. The summed E-state index contributed by atoms with van der Waals surface area (Å²) in [6, 6.07) is 32.5. The van der Waals surface area contributed by atoms with Gasteiger partial charge in [0.2, 0.25) is 0 Å². The molecule has 0 fully saturated rings. The topological polar surface area (TPSA) is 46.2 Å². The fourth-order valence-corrected chi connectivity index (χ4v) is 9.31. The third-order valence-electron chi connectivity index (χ3n) is 5.58. The van der Waals surface area contributed by atoms with E-state index in [1.54, 1.807) is 28.4 Å². The van der Waals surface area contributed by atoms with Crippen LogP contribution in [0.5, 0.6) is 23.0 Å². The Balaban J connectivity index is 1.87. The number of benzene rings is 4. The molecule has 0 amide bonds. The molecule has 2 radical (unpaired) electrons. The Morgan fingerprint density at radius 3 is 1.20 bits per heavy atom. The highest BCUT2D eigenvalue weighted by atomic mass is 28.4. The third kappa shape index (κ3) is 5.59. The molecule has 0 aliphatic carbocycles. The lowest BCUT2D eigenvalue weighted by Gasteiger charge is -2.26. The molecule has 0 bridgehead atoms. The molecule has 4 aromatic carbocycles. The van der Waals surface area contributed by atoms with Crippen molar-refractivity contribution in [3.05, 3.63) is 97.1 Å². The molecule has 0 atom stereocenters. The molecule has 0 saturated heterocycles. The van der Waals surface area contributed by atoms with E-state index in [1.165, 1.54) is 0 Å². The first-order valence-electron chi connectivity index (χ1n) is 11.2. The van der Waals surface area contributed by atoms with E-state index in [0.29, 0.717) is 0 Å². The number of hydrogen-bond acceptors (Lipinski definition) is 5. The molecule has 178 valence electrons. The van der Waals surface area contributed by atoms with Gasteiger partial charge in [-0.15, -0.1) is 0 Å². The molecular weight excluding hydrogens is 472 g/mol. The lowest BCUT2D eigenvalue weighted by molar-refractivity contribution is 0.395. The van der Waals surface area contributed by atoms with E-state index in [0.717, 1.165) is 43.7 Å². The zero-order valence-corrected chi connectivity index (χ0v) is 22.3. The quantitative estimate of drug-likeness (QED) is 0.313. The number of rotatable bonds is 10. The summed E-state index contributed by atoms with van der Waals surface area (Å²) in [5.74, 6) is 2.98. The first-order chi connectivity index (χ1) is 17.2. The lowest BCUT2D eigenvalue weighted by atomic mass is 10.3. The number of hydrogen-bond donors (Lipinski definition) is 0. The molecule has 0 aliphatic heterocycles. The number of ether oxygens (including phenoxy) is 4. The van der Waals surface area contributed by atoms with E-state index in [2.05, 4.69) is 36.4 Å². The van der Waals surface area contributed by atoms with Crippen LogP contribution in [0.15, 0.2) is 97.1 Å². The number of methoxy groups -OCH3 is 4. The Morgan fingerprint density at radius 2 is 0.857 bits per heavy atom. The highest BCUT2D eigenvalue weighted by Crippen LogP contribution is 2.20. The Labute approximate surface area is 210 Å². The van der Waals surface area contributed by atoms with E-state index in [1.807, 2.05) is 60.7 Å². The minimum Gasteiger partial charge on any atom is -0.497 e. The van der Waals surface area contributed by atoms with E-state index in [4.69, 9.17) is 23.1 Å². The predicted octanol–water partition coefficient (Wildman–Crippen LogP) is 2.65. The molecule has 7 heteroatoms. The third-order valence-corrected chi connectivity index (χ3v) is 10.7. The molecule has 4 aromatic rings. The average Bonchev–Trinajstić information content (AvgIpc) is 2.94. The molecule has 0 spiro atoms. The van der Waals surface area contributed by atoms with Crippen LogP contribution in [0.2, 0.25) is 0 Å². The summed E-state index contributed by atoms with van der Waals surface area (Å²) < 4.78 is 29.7. The molecule has 35 heavy (non-hydrogen) atoms. The fourth-order valence-electron chi connectivity index (χ4n) is 3.79. The second kappa shape index (κ2) is 11.7. The summed E-state index contributed by atoms with van der Waals surface area (Å²) in [4.78, 5) is 0. The van der Waals surface area contributed by atoms with Crippen LogP contribution in [0, 0.1) is 0 Å². The average molecular weight is 501 g/mol. The van der Waals surface area contributed by atoms with Crippen LogP contribution in [-0.2, 0) is 4.12 Å². The standard InChI is InChI=1S/C28H28O5Si2/c1-29-21-15-17-27(25(19-21)31-3)34(23-11-7-5-8-12-23)33-35(24-13-9-6-10-14-24)28-18-16-22(30-2)20-26(28)32-4/h5-20H,1-4H3. The Morgan fingerprint density at radius 1 is 0.457 bits per heavy atom. The predicted molar refractivity (Wildman–Crippen MR) is 143 cm³/mol. The van der Waals surface area contributed by atoms with Crippen molar-refractivity contribution in [3.8, 4) is 23.0 Å². The molecule has 0 heterocycles. The zero-order valence-electron chi connectivity index (χ0n) is 20.3. The maximum absolute atomic E-state index is 7.19. The van der Waals surface area contributed by atoms with Gasteiger partial charge in [0.15, 0.2) is 0 Å². The molecule has 5 nitrogen and oxygen atoms in total. The van der Waals surface area contributed by atoms with Gasteiger partial charge in [-0.05, 0) is 22.5 Å². The van der Waals surface area contributed by atoms with Gasteiger partial charge in [-0.3, -0.25) is 0 Å². The van der Waals surface area contributed by atoms with E-state index < -0.39 is 18.1 Å². The van der Waals surface area contributed by atoms with Gasteiger partial charge >= 0.3 is 0 Å². The summed E-state index contributed by atoms with van der Waals surface area (Å²) in [6.45, 7) is 0. The Hall–Kier alpha value is -3.53. The van der Waals surface area contributed by atoms with Gasteiger partial charge in [-0.25, -0.2) is 0 Å². The van der Waals surface area contributed by atoms with E-state index in [9.17, 15) is 0 Å². The Bertz CT molecular complexity index is 1140. The Kier molecular flexibility index (Phi) is 8.25. The molecule has 0 aliphatic rings. The van der Waals surface area contributed by atoms with Crippen LogP contribution in [-0.4, -0.2) is 46.5 Å². The van der Waals surface area contributed by atoms with Gasteiger partial charge in [-0.2, -0.15) is 0 Å². The van der Waals surface area contributed by atoms with Gasteiger partial charge in [0, 0.05) is 22.5 Å². The highest BCUT2D eigenvalue weighted by Gasteiger charge is 2.32. The molecule has 4 rings (SSSR count). The fraction of sp³-hybridized carbons (Fsp3) is 0.143. The second-order valence-electron chi connectivity index (χ2n) is 7.62. The molecule has 0 saturated carbocycles. The van der Waals surface area contributed by atoms with E-state index >= 15 is 0 Å². The van der Waals surface area contributed by atoms with Crippen LogP contribution in [0.25, 0.3) is 0 Å². The maximum atomic E-state index is 7.19. The van der Waals surface area contributed by atoms with Gasteiger partial charge in [0.25, 0.3) is 18.1 Å². The van der Waals surface area contributed by atoms with E-state index in [-0.39, 0.29) is 0 Å². The summed E-state index contributed by atoms with van der Waals surface area (Å²) >= 11 is 0. The van der Waals surface area contributed by atoms with Crippen LogP contribution < -0.4 is 39.7 Å². The van der Waals surface area contributed by atoms with Crippen LogP contribution in [0.1, 0.15) is 0 Å². The van der Waals surface area contributed by atoms with Crippen molar-refractivity contribution >= 4 is 38.8 Å². The minimum absolute atomic E-state index is 0.741. The lowest BCUT2D eigenvalue weighted by Crippen LogP contribution is -2.56. The van der Waals surface area contributed by atoms with Crippen molar-refractivity contribution in [1.29, 1.82) is 0 Å². The van der Waals surface area contributed by atoms with Crippen LogP contribution in [0.3, 0.4) is 0 Å². The highest BCUT2D eigenvalue weighted by molar-refractivity contribution is 6.92. The minimum atomic E-state index is -1.72. The summed E-state index contributed by atoms with van der Waals surface area (Å²) in [5, 5.41) is 4.31. The van der Waals surface area contributed by atoms with Crippen molar-refractivity contribution in [1.82, 2.24) is 0 Å². The first-order valence-corrected chi connectivity index (χ1v) is 14.0. The summed E-state index contributed by atoms with van der Waals surface area (Å²) in [5.41, 5.74) is 0. The monoisotopic (exact) mass is 500 g/mol. The van der Waals surface area contributed by atoms with Gasteiger partial charge in [0.1, 0.15) is 23.0 Å². The van der Waals surface area contributed by atoms with Crippen molar-refractivity contribution in [3.63, 3.8) is 0 Å². The van der Waals surface area contributed by atoms with Crippen molar-refractivity contribution in [2.45, 2.75) is 0 Å². The molecular formula is C28H28O5Si2. The first kappa shape index (κ1) is 24.6. The molecule has 0 aromatic heterocycles. The molecule has 0 unspecified atom stereocenters.